The fourth-order valence-corrected chi connectivity index (χ4v) is 4.30. The number of rotatable bonds is 9. The van der Waals surface area contributed by atoms with Crippen molar-refractivity contribution in [2.75, 3.05) is 23.0 Å². The molecular weight excluding hydrogens is 478 g/mol. The molecule has 1 unspecified atom stereocenters. The van der Waals surface area contributed by atoms with Crippen LogP contribution in [0.3, 0.4) is 0 Å². The molecule has 2 amide bonds. The molecule has 16 heteroatoms. The van der Waals surface area contributed by atoms with Crippen molar-refractivity contribution >= 4 is 62.8 Å². The fraction of sp³-hybridized carbons (Fsp3) is 0.500. The fourth-order valence-electron chi connectivity index (χ4n) is 3.66. The van der Waals surface area contributed by atoms with Crippen molar-refractivity contribution in [2.45, 2.75) is 45.1 Å². The topological polar surface area (TPSA) is 130 Å². The second-order valence-electron chi connectivity index (χ2n) is 7.54. The van der Waals surface area contributed by atoms with Crippen LogP contribution in [-0.2, 0) is 43.4 Å². The van der Waals surface area contributed by atoms with Gasteiger partial charge in [-0.05, 0) is 16.7 Å². The second-order valence-corrected chi connectivity index (χ2v) is 9.04. The first kappa shape index (κ1) is 29.6. The molecule has 0 heterocycles. The predicted molar refractivity (Wildman–Crippen MR) is 128 cm³/mol. The molecule has 0 aliphatic heterocycles. The summed E-state index contributed by atoms with van der Waals surface area (Å²) in [7, 11) is 1.27. The monoisotopic (exact) mass is 504 g/mol. The van der Waals surface area contributed by atoms with Gasteiger partial charge in [-0.1, -0.05) is 19.0 Å². The van der Waals surface area contributed by atoms with Crippen LogP contribution < -0.4 is 10.2 Å². The average molecular weight is 504 g/mol. The van der Waals surface area contributed by atoms with Gasteiger partial charge in [0.05, 0.1) is 11.3 Å². The van der Waals surface area contributed by atoms with Gasteiger partial charge in [0, 0.05) is 26.6 Å². The predicted octanol–water partition coefficient (Wildman–Crippen LogP) is -0.998. The Morgan fingerprint density at radius 3 is 1.91 bits per heavy atom. The van der Waals surface area contributed by atoms with E-state index in [0.29, 0.717) is 11.9 Å². The zero-order valence-electron chi connectivity index (χ0n) is 19.8. The summed E-state index contributed by atoms with van der Waals surface area (Å²) in [5.41, 5.74) is 0.995. The number of anilines is 2. The van der Waals surface area contributed by atoms with Crippen molar-refractivity contribution in [1.29, 1.82) is 0 Å². The summed E-state index contributed by atoms with van der Waals surface area (Å²) >= 11 is 0. The Morgan fingerprint density at radius 1 is 1.06 bits per heavy atom. The van der Waals surface area contributed by atoms with Crippen molar-refractivity contribution in [3.05, 3.63) is 22.3 Å². The maximum absolute atomic E-state index is 13.4. The number of hydrogen-bond donors (Lipinski definition) is 2. The normalized spacial score (nSPS) is 12.7. The quantitative estimate of drug-likeness (QED) is 0.251. The van der Waals surface area contributed by atoms with Crippen LogP contribution in [-0.4, -0.2) is 79.4 Å². The van der Waals surface area contributed by atoms with Gasteiger partial charge < -0.3 is 15.0 Å². The molecule has 9 nitrogen and oxygen atoms in total. The number of nitrogens with zero attached hydrogens (tertiary/aromatic N) is 1. The zero-order valence-corrected chi connectivity index (χ0v) is 20.6. The highest BCUT2D eigenvalue weighted by Gasteiger charge is 2.46. The van der Waals surface area contributed by atoms with Gasteiger partial charge in [0.2, 0.25) is 17.9 Å². The molecule has 1 aromatic rings. The van der Waals surface area contributed by atoms with Crippen LogP contribution in [0.25, 0.3) is 0 Å². The molecule has 1 atom stereocenters. The molecule has 0 saturated carbocycles. The first-order chi connectivity index (χ1) is 15.5. The first-order valence-electron chi connectivity index (χ1n) is 10.4. The molecule has 0 aliphatic rings. The summed E-state index contributed by atoms with van der Waals surface area (Å²) in [4.78, 5) is 38.4. The van der Waals surface area contributed by atoms with E-state index >= 15 is 0 Å². The lowest BCUT2D eigenvalue weighted by Crippen LogP contribution is -2.40. The third-order valence-corrected chi connectivity index (χ3v) is 5.85. The highest BCUT2D eigenvalue weighted by molar-refractivity contribution is 7.85. The molecule has 0 fully saturated rings. The number of benzene rings is 1. The van der Waals surface area contributed by atoms with Crippen molar-refractivity contribution in [3.8, 4) is 0 Å². The largest absolute Gasteiger partial charge is 0.448 e. The van der Waals surface area contributed by atoms with Gasteiger partial charge in [-0.3, -0.25) is 14.1 Å². The molecule has 0 aromatic heterocycles. The van der Waals surface area contributed by atoms with Gasteiger partial charge in [0.1, 0.15) is 29.3 Å². The number of amides is 2. The molecule has 0 radical (unpaired) electrons. The van der Waals surface area contributed by atoms with Crippen LogP contribution in [0.2, 0.25) is 0 Å². The summed E-state index contributed by atoms with van der Waals surface area (Å²) in [6.45, 7) is 2.47. The van der Waals surface area contributed by atoms with Crippen LogP contribution in [0.15, 0.2) is 0 Å². The summed E-state index contributed by atoms with van der Waals surface area (Å²) in [6, 6.07) is 0. The van der Waals surface area contributed by atoms with Crippen LogP contribution >= 0.6 is 0 Å². The number of esters is 1. The lowest BCUT2D eigenvalue weighted by molar-refractivity contribution is -0.197. The maximum atomic E-state index is 13.4. The second kappa shape index (κ2) is 11.3. The average Bonchev–Trinajstić information content (AvgIpc) is 2.69. The molecule has 1 rings (SSSR count). The minimum atomic E-state index is -5.28. The molecule has 186 valence electrons. The molecule has 0 saturated heterocycles. The number of hydrogen-bond acceptors (Lipinski definition) is 6. The van der Waals surface area contributed by atoms with E-state index in [1.807, 2.05) is 0 Å². The van der Waals surface area contributed by atoms with Crippen molar-refractivity contribution in [3.63, 3.8) is 0 Å². The Kier molecular flexibility index (Phi) is 9.82. The van der Waals surface area contributed by atoms with Crippen molar-refractivity contribution in [2.24, 2.45) is 0 Å². The summed E-state index contributed by atoms with van der Waals surface area (Å²) < 4.78 is 75.9. The first-order valence-corrected chi connectivity index (χ1v) is 12.1. The molecule has 0 aliphatic carbocycles. The van der Waals surface area contributed by atoms with E-state index < -0.39 is 45.9 Å². The summed E-state index contributed by atoms with van der Waals surface area (Å²) in [6.07, 6.45) is -7.90. The van der Waals surface area contributed by atoms with E-state index in [0.717, 1.165) is 0 Å². The molecule has 2 N–H and O–H groups in total. The number of ether oxygens (including phenoxy) is 1. The number of alkyl halides is 3. The van der Waals surface area contributed by atoms with Crippen molar-refractivity contribution in [1.82, 2.24) is 0 Å². The highest BCUT2D eigenvalue weighted by Crippen LogP contribution is 2.39. The van der Waals surface area contributed by atoms with Gasteiger partial charge in [-0.2, -0.15) is 21.6 Å². The summed E-state index contributed by atoms with van der Waals surface area (Å²) in [5, 5.41) is 2.60. The standard InChI is InChI=1S/C18H26B3F3N2O7S/c1-8(27)25-15-10(4-19)14(11(5-20)16(12(15)6-21)26(3)9(2)28)17(29)33-13(18(22,23)24)7-34(30,31)32/h13H,4-7,19-21H2,1-3H3,(H,25,27)(H,30,31,32). The van der Waals surface area contributed by atoms with E-state index in [1.165, 1.54) is 25.8 Å². The van der Waals surface area contributed by atoms with Crippen LogP contribution in [0.1, 0.15) is 40.9 Å². The minimum Gasteiger partial charge on any atom is -0.448 e. The van der Waals surface area contributed by atoms with E-state index in [9.17, 15) is 36.0 Å². The maximum Gasteiger partial charge on any atom is 0.426 e. The van der Waals surface area contributed by atoms with Crippen molar-refractivity contribution < 1.29 is 45.3 Å². The number of carbonyl (C=O) groups is 3. The third kappa shape index (κ3) is 7.01. The Morgan fingerprint density at radius 2 is 1.56 bits per heavy atom. The van der Waals surface area contributed by atoms with Gasteiger partial charge in [-0.25, -0.2) is 4.79 Å². The van der Waals surface area contributed by atoms with Crippen LogP contribution in [0.4, 0.5) is 24.5 Å². The van der Waals surface area contributed by atoms with Crippen LogP contribution in [0, 0.1) is 0 Å². The Bertz CT molecular complexity index is 1080. The van der Waals surface area contributed by atoms with Gasteiger partial charge in [-0.15, -0.1) is 0 Å². The van der Waals surface area contributed by atoms with E-state index in [2.05, 4.69) is 10.1 Å². The molecule has 0 spiro atoms. The van der Waals surface area contributed by atoms with E-state index in [-0.39, 0.29) is 40.7 Å². The molecule has 0 bridgehead atoms. The Hall–Kier alpha value is -2.48. The molecule has 34 heavy (non-hydrogen) atoms. The lowest BCUT2D eigenvalue weighted by Gasteiger charge is -2.30. The van der Waals surface area contributed by atoms with E-state index in [4.69, 9.17) is 4.55 Å². The molecule has 1 aromatic carbocycles. The van der Waals surface area contributed by atoms with Gasteiger partial charge in [0.15, 0.2) is 0 Å². The Balaban J connectivity index is 4.00. The van der Waals surface area contributed by atoms with Gasteiger partial charge in [0.25, 0.3) is 10.1 Å². The zero-order chi connectivity index (χ0) is 26.6. The SMILES string of the molecule is BCc1c(NC(C)=O)c(CB)c(N(C)C(C)=O)c(CB)c1C(=O)OC(CS(=O)(=O)O)C(F)(F)F. The Labute approximate surface area is 198 Å². The van der Waals surface area contributed by atoms with Gasteiger partial charge >= 0.3 is 12.1 Å². The minimum absolute atomic E-state index is 0.0963. The van der Waals surface area contributed by atoms with E-state index in [1.54, 1.807) is 23.5 Å². The smallest absolute Gasteiger partial charge is 0.426 e. The lowest BCUT2D eigenvalue weighted by atomic mass is 9.78. The van der Waals surface area contributed by atoms with Crippen LogP contribution in [0.5, 0.6) is 0 Å². The molecular formula is C18H26B3F3N2O7S. The third-order valence-electron chi connectivity index (χ3n) is 5.13. The summed E-state index contributed by atoms with van der Waals surface area (Å²) in [5.74, 6) is -4.31. The number of nitrogens with one attached hydrogen (secondary N) is 1. The number of halogens is 3. The number of carbonyl (C=O) groups excluding carboxylic acids is 3. The highest BCUT2D eigenvalue weighted by atomic mass is 32.2.